The lowest BCUT2D eigenvalue weighted by Gasteiger charge is -2.21. The third kappa shape index (κ3) is 4.37. The first kappa shape index (κ1) is 23.0. The van der Waals surface area contributed by atoms with Crippen molar-refractivity contribution in [3.05, 3.63) is 107 Å². The summed E-state index contributed by atoms with van der Waals surface area (Å²) in [5.74, 6) is 1.14. The molecule has 5 rings (SSSR count). The predicted molar refractivity (Wildman–Crippen MR) is 141 cm³/mol. The topological polar surface area (TPSA) is 57.2 Å². The van der Waals surface area contributed by atoms with Crippen molar-refractivity contribution in [1.82, 2.24) is 4.57 Å². The van der Waals surface area contributed by atoms with E-state index in [1.54, 1.807) is 0 Å². The molecule has 1 unspecified atom stereocenters. The summed E-state index contributed by atoms with van der Waals surface area (Å²) in [6.45, 7) is 4.25. The maximum Gasteiger partial charge on any atom is 0.251 e. The zero-order chi connectivity index (χ0) is 24.4. The molecule has 3 aromatic carbocycles. The highest BCUT2D eigenvalue weighted by molar-refractivity contribution is 6.02. The van der Waals surface area contributed by atoms with E-state index in [0.29, 0.717) is 5.56 Å². The molecule has 1 amide bonds. The first-order valence-electron chi connectivity index (χ1n) is 12.5. The van der Waals surface area contributed by atoms with Crippen LogP contribution >= 0.6 is 0 Å². The molecule has 4 heteroatoms. The van der Waals surface area contributed by atoms with Gasteiger partial charge in [0.05, 0.1) is 11.6 Å². The summed E-state index contributed by atoms with van der Waals surface area (Å²) in [7, 11) is 0. The number of para-hydroxylation sites is 1. The molecule has 35 heavy (non-hydrogen) atoms. The molecule has 4 aromatic rings. The number of carbonyl (C=O) groups is 1. The Balaban J connectivity index is 1.67. The van der Waals surface area contributed by atoms with E-state index in [4.69, 9.17) is 10.5 Å². The number of fused-ring (bicyclic) bond motifs is 1. The van der Waals surface area contributed by atoms with E-state index >= 15 is 0 Å². The maximum atomic E-state index is 12.9. The molecule has 0 spiro atoms. The highest BCUT2D eigenvalue weighted by Crippen LogP contribution is 2.42. The normalized spacial score (nSPS) is 14.6. The molecular formula is C31H32N2O2. The Kier molecular flexibility index (Phi) is 6.45. The molecule has 1 atom stereocenters. The predicted octanol–water partition coefficient (Wildman–Crippen LogP) is 7.23. The van der Waals surface area contributed by atoms with Crippen molar-refractivity contribution >= 4 is 5.91 Å². The van der Waals surface area contributed by atoms with Gasteiger partial charge in [-0.1, -0.05) is 67.9 Å². The van der Waals surface area contributed by atoms with E-state index in [0.717, 1.165) is 60.4 Å². The van der Waals surface area contributed by atoms with Crippen molar-refractivity contribution in [2.45, 2.75) is 52.0 Å². The second-order valence-electron chi connectivity index (χ2n) is 9.32. The zero-order valence-corrected chi connectivity index (χ0v) is 20.5. The summed E-state index contributed by atoms with van der Waals surface area (Å²) in [4.78, 5) is 12.9. The van der Waals surface area contributed by atoms with Crippen LogP contribution in [0.4, 0.5) is 0 Å². The number of nitrogens with two attached hydrogens (primary N) is 1. The van der Waals surface area contributed by atoms with Gasteiger partial charge in [-0.2, -0.15) is 0 Å². The monoisotopic (exact) mass is 464 g/mol. The number of amides is 1. The molecule has 0 aliphatic heterocycles. The van der Waals surface area contributed by atoms with Crippen molar-refractivity contribution in [1.29, 1.82) is 0 Å². The Bertz CT molecular complexity index is 1350. The lowest BCUT2D eigenvalue weighted by molar-refractivity contribution is 0.1000. The van der Waals surface area contributed by atoms with Crippen LogP contribution < -0.4 is 10.5 Å². The lowest BCUT2D eigenvalue weighted by atomic mass is 9.97. The third-order valence-corrected chi connectivity index (χ3v) is 7.08. The molecule has 4 nitrogen and oxygen atoms in total. The fraction of sp³-hybridized carbons (Fsp3) is 0.258. The third-order valence-electron chi connectivity index (χ3n) is 7.08. The van der Waals surface area contributed by atoms with Crippen LogP contribution in [0, 0.1) is 6.92 Å². The first-order valence-corrected chi connectivity index (χ1v) is 12.5. The molecular weight excluding hydrogens is 432 g/mol. The van der Waals surface area contributed by atoms with Gasteiger partial charge in [0.1, 0.15) is 11.5 Å². The molecule has 2 N–H and O–H groups in total. The van der Waals surface area contributed by atoms with Gasteiger partial charge in [-0.15, -0.1) is 0 Å². The van der Waals surface area contributed by atoms with Crippen LogP contribution in [0.15, 0.2) is 78.9 Å². The minimum Gasteiger partial charge on any atom is -0.457 e. The van der Waals surface area contributed by atoms with Crippen LogP contribution in [-0.2, 0) is 12.8 Å². The van der Waals surface area contributed by atoms with Gasteiger partial charge >= 0.3 is 0 Å². The van der Waals surface area contributed by atoms with Gasteiger partial charge in [0, 0.05) is 17.0 Å². The number of hydrogen-bond donors (Lipinski definition) is 1. The Morgan fingerprint density at radius 3 is 2.51 bits per heavy atom. The van der Waals surface area contributed by atoms with Crippen LogP contribution in [-0.4, -0.2) is 10.5 Å². The van der Waals surface area contributed by atoms with E-state index in [1.807, 2.05) is 55.5 Å². The molecule has 1 heterocycles. The van der Waals surface area contributed by atoms with Gasteiger partial charge < -0.3 is 15.0 Å². The lowest BCUT2D eigenvalue weighted by Crippen LogP contribution is -2.15. The fourth-order valence-electron chi connectivity index (χ4n) is 5.54. The number of nitrogens with zero attached hydrogens (tertiary/aromatic N) is 1. The Labute approximate surface area is 207 Å². The van der Waals surface area contributed by atoms with Crippen molar-refractivity contribution in [2.75, 3.05) is 0 Å². The number of primary amides is 1. The summed E-state index contributed by atoms with van der Waals surface area (Å²) < 4.78 is 8.53. The largest absolute Gasteiger partial charge is 0.457 e. The standard InChI is InChI=1S/C31H32N2O2/c1-3-4-17-28-30(23-12-10-15-25(20-23)35-24-13-6-5-7-14-24)29(31(32)34)21(2)33(28)27-19-18-22-11-8-9-16-26(22)27/h5-16,20,27H,3-4,17-19H2,1-2H3,(H2,32,34). The summed E-state index contributed by atoms with van der Waals surface area (Å²) in [5.41, 5.74) is 13.5. The Hall–Kier alpha value is -3.79. The molecule has 0 fully saturated rings. The number of carbonyl (C=O) groups excluding carboxylic acids is 1. The average molecular weight is 465 g/mol. The molecule has 0 radical (unpaired) electrons. The van der Waals surface area contributed by atoms with Gasteiger partial charge in [-0.05, 0) is 73.6 Å². The summed E-state index contributed by atoms with van der Waals surface area (Å²) in [6.07, 6.45) is 5.09. The molecule has 1 aromatic heterocycles. The van der Waals surface area contributed by atoms with Crippen molar-refractivity contribution in [3.8, 4) is 22.6 Å². The number of rotatable bonds is 8. The van der Waals surface area contributed by atoms with E-state index in [-0.39, 0.29) is 11.9 Å². The van der Waals surface area contributed by atoms with Crippen LogP contribution in [0.3, 0.4) is 0 Å². The molecule has 0 bridgehead atoms. The van der Waals surface area contributed by atoms with Crippen LogP contribution in [0.1, 0.15) is 65.1 Å². The molecule has 1 aliphatic carbocycles. The summed E-state index contributed by atoms with van der Waals surface area (Å²) in [6, 6.07) is 26.7. The number of ether oxygens (including phenoxy) is 1. The number of unbranched alkanes of at least 4 members (excludes halogenated alkanes) is 1. The van der Waals surface area contributed by atoms with E-state index < -0.39 is 0 Å². The quantitative estimate of drug-likeness (QED) is 0.299. The molecule has 1 aliphatic rings. The number of aromatic nitrogens is 1. The van der Waals surface area contributed by atoms with Gasteiger partial charge in [0.25, 0.3) is 5.91 Å². The minimum atomic E-state index is -0.380. The van der Waals surface area contributed by atoms with E-state index in [1.165, 1.54) is 16.8 Å². The number of benzene rings is 3. The minimum absolute atomic E-state index is 0.216. The van der Waals surface area contributed by atoms with Gasteiger partial charge in [-0.25, -0.2) is 0 Å². The molecule has 178 valence electrons. The van der Waals surface area contributed by atoms with Crippen LogP contribution in [0.2, 0.25) is 0 Å². The van der Waals surface area contributed by atoms with E-state index in [2.05, 4.69) is 41.8 Å². The highest BCUT2D eigenvalue weighted by atomic mass is 16.5. The van der Waals surface area contributed by atoms with E-state index in [9.17, 15) is 4.79 Å². The van der Waals surface area contributed by atoms with Gasteiger partial charge in [0.2, 0.25) is 0 Å². The SMILES string of the molecule is CCCCc1c(-c2cccc(Oc3ccccc3)c2)c(C(N)=O)c(C)n1C1CCc2ccccc21. The number of aryl methyl sites for hydroxylation is 1. The molecule has 0 saturated carbocycles. The maximum absolute atomic E-state index is 12.9. The summed E-state index contributed by atoms with van der Waals surface area (Å²) in [5, 5.41) is 0. The second kappa shape index (κ2) is 9.83. The Morgan fingerprint density at radius 1 is 1.00 bits per heavy atom. The van der Waals surface area contributed by atoms with Crippen LogP contribution in [0.25, 0.3) is 11.1 Å². The van der Waals surface area contributed by atoms with Crippen molar-refractivity contribution < 1.29 is 9.53 Å². The fourth-order valence-corrected chi connectivity index (χ4v) is 5.54. The van der Waals surface area contributed by atoms with Gasteiger partial charge in [0.15, 0.2) is 0 Å². The van der Waals surface area contributed by atoms with Crippen molar-refractivity contribution in [3.63, 3.8) is 0 Å². The van der Waals surface area contributed by atoms with Crippen molar-refractivity contribution in [2.24, 2.45) is 5.73 Å². The smallest absolute Gasteiger partial charge is 0.251 e. The average Bonchev–Trinajstić information content (AvgIpc) is 3.41. The van der Waals surface area contributed by atoms with Crippen LogP contribution in [0.5, 0.6) is 11.5 Å². The second-order valence-corrected chi connectivity index (χ2v) is 9.32. The van der Waals surface area contributed by atoms with Gasteiger partial charge in [-0.3, -0.25) is 4.79 Å². The summed E-state index contributed by atoms with van der Waals surface area (Å²) >= 11 is 0. The number of hydrogen-bond acceptors (Lipinski definition) is 2. The zero-order valence-electron chi connectivity index (χ0n) is 20.5. The first-order chi connectivity index (χ1) is 17.1. The highest BCUT2D eigenvalue weighted by Gasteiger charge is 2.32. The Morgan fingerprint density at radius 2 is 1.74 bits per heavy atom. The molecule has 0 saturated heterocycles.